The van der Waals surface area contributed by atoms with Crippen molar-refractivity contribution in [3.63, 3.8) is 0 Å². The number of rotatable bonds is 7. The molecule has 1 aromatic heterocycles. The molecule has 1 amide bonds. The monoisotopic (exact) mass is 395 g/mol. The zero-order chi connectivity index (χ0) is 20.7. The smallest absolute Gasteiger partial charge is 0.410 e. The van der Waals surface area contributed by atoms with Crippen LogP contribution in [0.5, 0.6) is 0 Å². The van der Waals surface area contributed by atoms with Crippen molar-refractivity contribution in [3.05, 3.63) is 66.0 Å². The number of hydrogen-bond donors (Lipinski definition) is 0. The molecule has 156 valence electrons. The van der Waals surface area contributed by atoms with E-state index in [2.05, 4.69) is 48.9 Å². The molecule has 1 fully saturated rings. The Balaban J connectivity index is 1.47. The summed E-state index contributed by atoms with van der Waals surface area (Å²) in [4.78, 5) is 21.3. The summed E-state index contributed by atoms with van der Waals surface area (Å²) in [5.74, 6) is 0.395. The lowest BCUT2D eigenvalue weighted by molar-refractivity contribution is 0.0582. The van der Waals surface area contributed by atoms with Crippen LogP contribution in [-0.4, -0.2) is 52.7 Å². The molecule has 0 unspecified atom stereocenters. The molecular formula is C24H33N3O2. The van der Waals surface area contributed by atoms with E-state index in [0.29, 0.717) is 19.1 Å². The topological polar surface area (TPSA) is 45.7 Å². The van der Waals surface area contributed by atoms with Crippen molar-refractivity contribution < 1.29 is 9.53 Å². The van der Waals surface area contributed by atoms with Gasteiger partial charge in [-0.25, -0.2) is 4.79 Å². The molecule has 5 nitrogen and oxygen atoms in total. The van der Waals surface area contributed by atoms with Gasteiger partial charge in [-0.05, 0) is 57.4 Å². The third-order valence-corrected chi connectivity index (χ3v) is 5.44. The summed E-state index contributed by atoms with van der Waals surface area (Å²) in [5.41, 5.74) is 2.19. The van der Waals surface area contributed by atoms with E-state index in [4.69, 9.17) is 4.74 Å². The zero-order valence-electron chi connectivity index (χ0n) is 17.9. The van der Waals surface area contributed by atoms with E-state index in [0.717, 1.165) is 32.5 Å². The summed E-state index contributed by atoms with van der Waals surface area (Å²) in [6, 6.07) is 14.4. The number of nitrogens with zero attached hydrogens (tertiary/aromatic N) is 3. The van der Waals surface area contributed by atoms with Gasteiger partial charge in [0, 0.05) is 43.5 Å². The van der Waals surface area contributed by atoms with Crippen LogP contribution in [-0.2, 0) is 17.7 Å². The Hall–Kier alpha value is -2.40. The first-order chi connectivity index (χ1) is 13.9. The van der Waals surface area contributed by atoms with Crippen LogP contribution in [0.15, 0.2) is 54.9 Å². The molecule has 2 heterocycles. The van der Waals surface area contributed by atoms with Gasteiger partial charge in [0.05, 0.1) is 6.61 Å². The van der Waals surface area contributed by atoms with Crippen LogP contribution in [0, 0.1) is 5.92 Å². The lowest BCUT2D eigenvalue weighted by Gasteiger charge is -2.35. The molecule has 0 saturated carbocycles. The summed E-state index contributed by atoms with van der Waals surface area (Å²) < 4.78 is 5.75. The maximum Gasteiger partial charge on any atom is 0.410 e. The van der Waals surface area contributed by atoms with Gasteiger partial charge in [-0.2, -0.15) is 0 Å². The van der Waals surface area contributed by atoms with Crippen LogP contribution < -0.4 is 0 Å². The Morgan fingerprint density at radius 3 is 2.62 bits per heavy atom. The minimum atomic E-state index is -0.270. The molecule has 2 aromatic rings. The number of amides is 1. The Morgan fingerprint density at radius 2 is 1.93 bits per heavy atom. The molecule has 1 aliphatic heterocycles. The van der Waals surface area contributed by atoms with E-state index >= 15 is 0 Å². The highest BCUT2D eigenvalue weighted by molar-refractivity contribution is 5.68. The Morgan fingerprint density at radius 1 is 1.17 bits per heavy atom. The molecular weight excluding hydrogens is 362 g/mol. The van der Waals surface area contributed by atoms with Gasteiger partial charge in [0.2, 0.25) is 0 Å². The first-order valence-electron chi connectivity index (χ1n) is 10.5. The molecule has 0 N–H and O–H groups in total. The molecule has 0 bridgehead atoms. The van der Waals surface area contributed by atoms with E-state index in [-0.39, 0.29) is 11.6 Å². The van der Waals surface area contributed by atoms with Crippen LogP contribution in [0.2, 0.25) is 0 Å². The van der Waals surface area contributed by atoms with Crippen molar-refractivity contribution >= 4 is 6.09 Å². The quantitative estimate of drug-likeness (QED) is 0.698. The Bertz CT molecular complexity index is 759. The van der Waals surface area contributed by atoms with Crippen LogP contribution >= 0.6 is 0 Å². The number of benzene rings is 1. The number of likely N-dealkylation sites (tertiary alicyclic amines) is 1. The second kappa shape index (κ2) is 9.88. The van der Waals surface area contributed by atoms with E-state index in [1.807, 2.05) is 35.4 Å². The fourth-order valence-corrected chi connectivity index (χ4v) is 3.80. The number of aromatic nitrogens is 1. The highest BCUT2D eigenvalue weighted by atomic mass is 16.6. The van der Waals surface area contributed by atoms with E-state index in [9.17, 15) is 4.79 Å². The number of carbonyl (C=O) groups is 1. The summed E-state index contributed by atoms with van der Waals surface area (Å²) in [6.07, 6.45) is 5.40. The van der Waals surface area contributed by atoms with Crippen LogP contribution in [0.1, 0.15) is 38.3 Å². The van der Waals surface area contributed by atoms with Gasteiger partial charge in [-0.1, -0.05) is 36.4 Å². The number of pyridine rings is 1. The first-order valence-corrected chi connectivity index (χ1v) is 10.5. The molecule has 1 aromatic carbocycles. The highest BCUT2D eigenvalue weighted by Gasteiger charge is 2.29. The van der Waals surface area contributed by atoms with Crippen molar-refractivity contribution in [1.82, 2.24) is 14.8 Å². The Kier molecular flexibility index (Phi) is 7.26. The molecule has 0 aliphatic carbocycles. The standard InChI is InChI=1S/C24H33N3O2/c1-24(2,3)27(15-12-20-8-5-4-6-9-20)23(28)29-19-22-11-14-26(18-22)17-21-10-7-13-25-16-21/h4-10,13,16,22H,11-12,14-15,17-19H2,1-3H3/t22-/m1/s1. The minimum Gasteiger partial charge on any atom is -0.449 e. The summed E-state index contributed by atoms with van der Waals surface area (Å²) >= 11 is 0. The summed E-state index contributed by atoms with van der Waals surface area (Å²) in [7, 11) is 0. The molecule has 1 atom stereocenters. The highest BCUT2D eigenvalue weighted by Crippen LogP contribution is 2.21. The number of ether oxygens (including phenoxy) is 1. The minimum absolute atomic E-state index is 0.209. The molecule has 0 spiro atoms. The molecule has 1 aliphatic rings. The Labute approximate surface area is 174 Å². The van der Waals surface area contributed by atoms with Gasteiger partial charge in [0.15, 0.2) is 0 Å². The van der Waals surface area contributed by atoms with E-state index in [1.165, 1.54) is 11.1 Å². The summed E-state index contributed by atoms with van der Waals surface area (Å²) in [6.45, 7) is 10.2. The normalized spacial score (nSPS) is 17.3. The third-order valence-electron chi connectivity index (χ3n) is 5.44. The van der Waals surface area contributed by atoms with Gasteiger partial charge in [-0.15, -0.1) is 0 Å². The SMILES string of the molecule is CC(C)(C)N(CCc1ccccc1)C(=O)OC[C@@H]1CCN(Cc2cccnc2)C1. The molecule has 5 heteroatoms. The predicted molar refractivity (Wildman–Crippen MR) is 116 cm³/mol. The van der Waals surface area contributed by atoms with Gasteiger partial charge in [-0.3, -0.25) is 9.88 Å². The number of carbonyl (C=O) groups excluding carboxylic acids is 1. The molecule has 3 rings (SSSR count). The van der Waals surface area contributed by atoms with Gasteiger partial charge in [0.1, 0.15) is 0 Å². The van der Waals surface area contributed by atoms with Crippen LogP contribution in [0.4, 0.5) is 4.79 Å². The average molecular weight is 396 g/mol. The van der Waals surface area contributed by atoms with E-state index in [1.54, 1.807) is 6.20 Å². The fourth-order valence-electron chi connectivity index (χ4n) is 3.80. The fraction of sp³-hybridized carbons (Fsp3) is 0.500. The average Bonchev–Trinajstić information content (AvgIpc) is 3.14. The molecule has 0 radical (unpaired) electrons. The summed E-state index contributed by atoms with van der Waals surface area (Å²) in [5, 5.41) is 0. The zero-order valence-corrected chi connectivity index (χ0v) is 17.9. The second-order valence-electron chi connectivity index (χ2n) is 8.89. The van der Waals surface area contributed by atoms with Gasteiger partial charge >= 0.3 is 6.09 Å². The van der Waals surface area contributed by atoms with Crippen molar-refractivity contribution in [3.8, 4) is 0 Å². The van der Waals surface area contributed by atoms with Gasteiger partial charge < -0.3 is 9.64 Å². The van der Waals surface area contributed by atoms with Crippen molar-refractivity contribution in [2.45, 2.75) is 45.7 Å². The van der Waals surface area contributed by atoms with Crippen molar-refractivity contribution in [2.24, 2.45) is 5.92 Å². The first kappa shape index (κ1) is 21.3. The van der Waals surface area contributed by atoms with E-state index < -0.39 is 0 Å². The lowest BCUT2D eigenvalue weighted by atomic mass is 10.1. The maximum atomic E-state index is 12.8. The molecule has 29 heavy (non-hydrogen) atoms. The maximum absolute atomic E-state index is 12.8. The van der Waals surface area contributed by atoms with Crippen LogP contribution in [0.25, 0.3) is 0 Å². The lowest BCUT2D eigenvalue weighted by Crippen LogP contribution is -2.47. The van der Waals surface area contributed by atoms with Crippen LogP contribution in [0.3, 0.4) is 0 Å². The van der Waals surface area contributed by atoms with Gasteiger partial charge in [0.25, 0.3) is 0 Å². The number of hydrogen-bond acceptors (Lipinski definition) is 4. The second-order valence-corrected chi connectivity index (χ2v) is 8.89. The third kappa shape index (κ3) is 6.57. The largest absolute Gasteiger partial charge is 0.449 e. The van der Waals surface area contributed by atoms with Crippen molar-refractivity contribution in [2.75, 3.05) is 26.2 Å². The predicted octanol–water partition coefficient (Wildman–Crippen LogP) is 4.38. The molecule has 1 saturated heterocycles. The van der Waals surface area contributed by atoms with Crippen molar-refractivity contribution in [1.29, 1.82) is 0 Å².